The van der Waals surface area contributed by atoms with Gasteiger partial charge in [-0.05, 0) is 50.6 Å². The molecule has 0 fully saturated rings. The van der Waals surface area contributed by atoms with E-state index >= 15 is 0 Å². The molecule has 5 heteroatoms. The molecule has 0 unspecified atom stereocenters. The van der Waals surface area contributed by atoms with E-state index in [-0.39, 0.29) is 17.5 Å². The highest BCUT2D eigenvalue weighted by molar-refractivity contribution is 6.04. The second-order valence-electron chi connectivity index (χ2n) is 5.13. The molecule has 21 heavy (non-hydrogen) atoms. The molecule has 1 heterocycles. The zero-order chi connectivity index (χ0) is 15.6. The number of aromatic nitrogens is 1. The Morgan fingerprint density at radius 1 is 1.19 bits per heavy atom. The molecule has 0 bridgehead atoms. The van der Waals surface area contributed by atoms with E-state index in [1.54, 1.807) is 25.1 Å². The maximum atomic E-state index is 12.4. The minimum absolute atomic E-state index is 0.173. The third kappa shape index (κ3) is 2.97. The Labute approximate surface area is 123 Å². The molecule has 110 valence electrons. The number of aromatic carboxylic acids is 1. The molecule has 0 atom stereocenters. The van der Waals surface area contributed by atoms with E-state index in [0.29, 0.717) is 16.9 Å². The fraction of sp³-hybridized carbons (Fsp3) is 0.250. The first kappa shape index (κ1) is 14.8. The van der Waals surface area contributed by atoms with E-state index in [9.17, 15) is 9.59 Å². The van der Waals surface area contributed by atoms with Crippen LogP contribution in [0.4, 0.5) is 5.69 Å². The van der Waals surface area contributed by atoms with Gasteiger partial charge in [-0.2, -0.15) is 0 Å². The van der Waals surface area contributed by atoms with Gasteiger partial charge >= 0.3 is 5.97 Å². The topological polar surface area (TPSA) is 71.3 Å². The monoisotopic (exact) mass is 286 g/mol. The minimum Gasteiger partial charge on any atom is -0.478 e. The number of hydrogen-bond donors (Lipinski definition) is 2. The first-order valence-electron chi connectivity index (χ1n) is 6.73. The first-order chi connectivity index (χ1) is 9.91. The summed E-state index contributed by atoms with van der Waals surface area (Å²) in [6, 6.07) is 8.56. The van der Waals surface area contributed by atoms with Crippen molar-refractivity contribution in [3.8, 4) is 0 Å². The van der Waals surface area contributed by atoms with Crippen LogP contribution in [0.15, 0.2) is 36.5 Å². The summed E-state index contributed by atoms with van der Waals surface area (Å²) in [5.41, 5.74) is 1.79. The molecular formula is C16H18N2O3. The van der Waals surface area contributed by atoms with Crippen LogP contribution in [0.1, 0.15) is 46.3 Å². The van der Waals surface area contributed by atoms with Crippen molar-refractivity contribution in [3.05, 3.63) is 53.3 Å². The van der Waals surface area contributed by atoms with E-state index in [0.717, 1.165) is 0 Å². The number of amides is 1. The summed E-state index contributed by atoms with van der Waals surface area (Å²) in [5.74, 6) is -1.26. The van der Waals surface area contributed by atoms with Gasteiger partial charge in [0.05, 0.1) is 5.56 Å². The molecule has 0 radical (unpaired) electrons. The fourth-order valence-electron chi connectivity index (χ4n) is 2.23. The largest absolute Gasteiger partial charge is 0.478 e. The quantitative estimate of drug-likeness (QED) is 0.905. The Morgan fingerprint density at radius 2 is 1.90 bits per heavy atom. The fourth-order valence-corrected chi connectivity index (χ4v) is 2.23. The van der Waals surface area contributed by atoms with Gasteiger partial charge in [-0.1, -0.05) is 6.07 Å². The van der Waals surface area contributed by atoms with Crippen molar-refractivity contribution in [2.24, 2.45) is 0 Å². The van der Waals surface area contributed by atoms with E-state index in [1.807, 2.05) is 30.7 Å². The molecule has 2 aromatic rings. The van der Waals surface area contributed by atoms with Crippen molar-refractivity contribution in [1.29, 1.82) is 0 Å². The van der Waals surface area contributed by atoms with Crippen molar-refractivity contribution in [1.82, 2.24) is 4.57 Å². The Bertz CT molecular complexity index is 687. The Hall–Kier alpha value is -2.56. The molecule has 0 spiro atoms. The van der Waals surface area contributed by atoms with Crippen LogP contribution in [0.25, 0.3) is 0 Å². The summed E-state index contributed by atoms with van der Waals surface area (Å²) in [6.45, 7) is 5.67. The molecule has 0 saturated heterocycles. The van der Waals surface area contributed by atoms with E-state index in [2.05, 4.69) is 5.32 Å². The zero-order valence-corrected chi connectivity index (χ0v) is 12.3. The molecule has 0 aliphatic heterocycles. The summed E-state index contributed by atoms with van der Waals surface area (Å²) < 4.78 is 1.87. The molecule has 0 aliphatic rings. The molecule has 2 N–H and O–H groups in total. The Balaban J connectivity index is 2.30. The minimum atomic E-state index is -1.01. The summed E-state index contributed by atoms with van der Waals surface area (Å²) in [5, 5.41) is 11.9. The van der Waals surface area contributed by atoms with Crippen LogP contribution >= 0.6 is 0 Å². The van der Waals surface area contributed by atoms with Crippen LogP contribution in [-0.2, 0) is 0 Å². The summed E-state index contributed by atoms with van der Waals surface area (Å²) in [4.78, 5) is 23.5. The Morgan fingerprint density at radius 3 is 2.52 bits per heavy atom. The summed E-state index contributed by atoms with van der Waals surface area (Å²) in [6.07, 6.45) is 1.85. The number of rotatable bonds is 4. The average molecular weight is 286 g/mol. The molecule has 5 nitrogen and oxygen atoms in total. The average Bonchev–Trinajstić information content (AvgIpc) is 2.90. The van der Waals surface area contributed by atoms with Crippen LogP contribution in [0, 0.1) is 6.92 Å². The van der Waals surface area contributed by atoms with Gasteiger partial charge in [0.25, 0.3) is 5.91 Å². The van der Waals surface area contributed by atoms with Crippen molar-refractivity contribution >= 4 is 17.6 Å². The van der Waals surface area contributed by atoms with Gasteiger partial charge in [0, 0.05) is 17.9 Å². The van der Waals surface area contributed by atoms with Gasteiger partial charge in [-0.25, -0.2) is 4.79 Å². The van der Waals surface area contributed by atoms with Gasteiger partial charge in [-0.15, -0.1) is 0 Å². The van der Waals surface area contributed by atoms with Crippen LogP contribution in [0.3, 0.4) is 0 Å². The van der Waals surface area contributed by atoms with Crippen LogP contribution in [0.2, 0.25) is 0 Å². The number of anilines is 1. The van der Waals surface area contributed by atoms with Crippen LogP contribution in [0.5, 0.6) is 0 Å². The lowest BCUT2D eigenvalue weighted by Crippen LogP contribution is -2.18. The number of benzene rings is 1. The Kier molecular flexibility index (Phi) is 4.12. The molecule has 2 rings (SSSR count). The molecular weight excluding hydrogens is 268 g/mol. The van der Waals surface area contributed by atoms with Crippen molar-refractivity contribution in [2.45, 2.75) is 26.8 Å². The lowest BCUT2D eigenvalue weighted by atomic mass is 10.1. The number of carbonyl (C=O) groups excluding carboxylic acids is 1. The normalized spacial score (nSPS) is 10.7. The van der Waals surface area contributed by atoms with Gasteiger partial charge < -0.3 is 15.0 Å². The lowest BCUT2D eigenvalue weighted by molar-refractivity contribution is 0.0695. The molecule has 0 saturated carbocycles. The smallest absolute Gasteiger partial charge is 0.336 e. The number of hydrogen-bond acceptors (Lipinski definition) is 2. The molecule has 0 aliphatic carbocycles. The highest BCUT2D eigenvalue weighted by Gasteiger charge is 2.16. The number of nitrogens with zero attached hydrogens (tertiary/aromatic N) is 1. The molecule has 1 amide bonds. The van der Waals surface area contributed by atoms with Gasteiger partial charge in [-0.3, -0.25) is 4.79 Å². The van der Waals surface area contributed by atoms with Crippen molar-refractivity contribution in [2.75, 3.05) is 5.32 Å². The van der Waals surface area contributed by atoms with Crippen LogP contribution in [-0.4, -0.2) is 21.6 Å². The predicted molar refractivity (Wildman–Crippen MR) is 80.9 cm³/mol. The van der Waals surface area contributed by atoms with Gasteiger partial charge in [0.2, 0.25) is 0 Å². The SMILES string of the molecule is Cc1c(NC(=O)c2cccn2C(C)C)cccc1C(=O)O. The second kappa shape index (κ2) is 5.83. The van der Waals surface area contributed by atoms with Crippen molar-refractivity contribution < 1.29 is 14.7 Å². The summed E-state index contributed by atoms with van der Waals surface area (Å²) in [7, 11) is 0. The van der Waals surface area contributed by atoms with Gasteiger partial charge in [0.15, 0.2) is 0 Å². The number of carboxylic acids is 1. The zero-order valence-electron chi connectivity index (χ0n) is 12.3. The maximum absolute atomic E-state index is 12.4. The highest BCUT2D eigenvalue weighted by Crippen LogP contribution is 2.20. The highest BCUT2D eigenvalue weighted by atomic mass is 16.4. The second-order valence-corrected chi connectivity index (χ2v) is 5.13. The van der Waals surface area contributed by atoms with Gasteiger partial charge in [0.1, 0.15) is 5.69 Å². The maximum Gasteiger partial charge on any atom is 0.336 e. The number of carbonyl (C=O) groups is 2. The van der Waals surface area contributed by atoms with E-state index in [1.165, 1.54) is 6.07 Å². The number of carboxylic acid groups (broad SMARTS) is 1. The van der Waals surface area contributed by atoms with E-state index in [4.69, 9.17) is 5.11 Å². The van der Waals surface area contributed by atoms with Crippen LogP contribution < -0.4 is 5.32 Å². The first-order valence-corrected chi connectivity index (χ1v) is 6.73. The number of nitrogens with one attached hydrogen (secondary N) is 1. The lowest BCUT2D eigenvalue weighted by Gasteiger charge is -2.14. The molecule has 1 aromatic heterocycles. The molecule has 1 aromatic carbocycles. The standard InChI is InChI=1S/C16H18N2O3/c1-10(2)18-9-5-8-14(18)15(19)17-13-7-4-6-12(11(13)3)16(20)21/h4-10H,1-3H3,(H,17,19)(H,20,21). The van der Waals surface area contributed by atoms with Crippen molar-refractivity contribution in [3.63, 3.8) is 0 Å². The third-order valence-electron chi connectivity index (χ3n) is 3.38. The summed E-state index contributed by atoms with van der Waals surface area (Å²) >= 11 is 0. The third-order valence-corrected chi connectivity index (χ3v) is 3.38. The predicted octanol–water partition coefficient (Wildman–Crippen LogP) is 3.33. The van der Waals surface area contributed by atoms with E-state index < -0.39 is 5.97 Å².